The van der Waals surface area contributed by atoms with Crippen molar-refractivity contribution in [1.29, 1.82) is 0 Å². The Morgan fingerprint density at radius 1 is 0.556 bits per heavy atom. The van der Waals surface area contributed by atoms with Crippen molar-refractivity contribution >= 4 is 0 Å². The number of rotatable bonds is 10. The topological polar surface area (TPSA) is 18.5 Å². The maximum absolute atomic E-state index is 14.6. The molecule has 0 aromatic heterocycles. The number of ether oxygens (including phenoxy) is 2. The fourth-order valence-corrected chi connectivity index (χ4v) is 3.40. The van der Waals surface area contributed by atoms with Gasteiger partial charge in [-0.05, 0) is 73.5 Å². The third-order valence-corrected chi connectivity index (χ3v) is 5.47. The van der Waals surface area contributed by atoms with E-state index in [-0.39, 0.29) is 11.1 Å². The molecule has 2 nitrogen and oxygen atoms in total. The first kappa shape index (κ1) is 26.8. The van der Waals surface area contributed by atoms with Gasteiger partial charge in [0.25, 0.3) is 0 Å². The molecule has 0 fully saturated rings. The van der Waals surface area contributed by atoms with E-state index in [0.29, 0.717) is 18.8 Å². The highest BCUT2D eigenvalue weighted by atomic mass is 19.1. The van der Waals surface area contributed by atoms with Gasteiger partial charge in [-0.25, -0.2) is 8.78 Å². The van der Waals surface area contributed by atoms with E-state index in [0.717, 1.165) is 55.6 Å². The molecule has 3 aromatic rings. The molecular formula is C32H32F2O2. The van der Waals surface area contributed by atoms with Crippen LogP contribution in [-0.2, 0) is 0 Å². The third-order valence-electron chi connectivity index (χ3n) is 5.47. The molecule has 0 aliphatic carbocycles. The van der Waals surface area contributed by atoms with Crippen LogP contribution in [0, 0.1) is 35.3 Å². The van der Waals surface area contributed by atoms with Gasteiger partial charge in [0.1, 0.15) is 23.1 Å². The van der Waals surface area contributed by atoms with E-state index >= 15 is 0 Å². The Balaban J connectivity index is 1.62. The third kappa shape index (κ3) is 8.79. The summed E-state index contributed by atoms with van der Waals surface area (Å²) in [5.74, 6) is 11.2. The zero-order valence-electron chi connectivity index (χ0n) is 21.0. The van der Waals surface area contributed by atoms with Crippen LogP contribution in [0.1, 0.15) is 74.6 Å². The second-order valence-electron chi connectivity index (χ2n) is 8.47. The van der Waals surface area contributed by atoms with E-state index in [9.17, 15) is 8.78 Å². The van der Waals surface area contributed by atoms with Gasteiger partial charge in [0.15, 0.2) is 0 Å². The highest BCUT2D eigenvalue weighted by Gasteiger charge is 2.08. The fraction of sp³-hybridized carbons (Fsp3) is 0.312. The first-order valence-electron chi connectivity index (χ1n) is 12.6. The van der Waals surface area contributed by atoms with Crippen LogP contribution in [0.5, 0.6) is 11.5 Å². The number of halogens is 2. The SMILES string of the molecule is CCCCCOc1ccc(C#Cc2cc(F)c(C#Cc3ccc(OCCCCC)cc3)c(F)c2)cc1. The largest absolute Gasteiger partial charge is 0.494 e. The van der Waals surface area contributed by atoms with Crippen LogP contribution in [0.15, 0.2) is 60.7 Å². The van der Waals surface area contributed by atoms with Gasteiger partial charge in [-0.2, -0.15) is 0 Å². The zero-order chi connectivity index (χ0) is 25.6. The van der Waals surface area contributed by atoms with E-state index in [2.05, 4.69) is 37.5 Å². The Bertz CT molecular complexity index is 1200. The lowest BCUT2D eigenvalue weighted by atomic mass is 10.1. The lowest BCUT2D eigenvalue weighted by Gasteiger charge is -2.05. The summed E-state index contributed by atoms with van der Waals surface area (Å²) in [6.07, 6.45) is 6.60. The molecule has 0 heterocycles. The van der Waals surface area contributed by atoms with Crippen LogP contribution in [-0.4, -0.2) is 13.2 Å². The van der Waals surface area contributed by atoms with Gasteiger partial charge in [0.2, 0.25) is 0 Å². The van der Waals surface area contributed by atoms with Gasteiger partial charge >= 0.3 is 0 Å². The molecule has 0 atom stereocenters. The van der Waals surface area contributed by atoms with Crippen molar-refractivity contribution in [2.45, 2.75) is 52.4 Å². The second kappa shape index (κ2) is 14.6. The van der Waals surface area contributed by atoms with Crippen molar-refractivity contribution in [2.75, 3.05) is 13.2 Å². The molecule has 3 aromatic carbocycles. The molecule has 0 spiro atoms. The average molecular weight is 487 g/mol. The molecule has 4 heteroatoms. The maximum Gasteiger partial charge on any atom is 0.143 e. The van der Waals surface area contributed by atoms with Crippen molar-refractivity contribution in [3.05, 3.63) is 94.6 Å². The summed E-state index contributed by atoms with van der Waals surface area (Å²) in [5, 5.41) is 0. The fourth-order valence-electron chi connectivity index (χ4n) is 3.40. The Kier molecular flexibility index (Phi) is 10.9. The lowest BCUT2D eigenvalue weighted by Crippen LogP contribution is -1.96. The Labute approximate surface area is 213 Å². The smallest absolute Gasteiger partial charge is 0.143 e. The summed E-state index contributed by atoms with van der Waals surface area (Å²) in [5.41, 5.74) is 1.36. The Morgan fingerprint density at radius 2 is 0.972 bits per heavy atom. The summed E-state index contributed by atoms with van der Waals surface area (Å²) in [6, 6.07) is 16.9. The van der Waals surface area contributed by atoms with Gasteiger partial charge in [-0.3, -0.25) is 0 Å². The monoisotopic (exact) mass is 486 g/mol. The van der Waals surface area contributed by atoms with Crippen molar-refractivity contribution in [2.24, 2.45) is 0 Å². The predicted molar refractivity (Wildman–Crippen MR) is 141 cm³/mol. The number of benzene rings is 3. The lowest BCUT2D eigenvalue weighted by molar-refractivity contribution is 0.306. The number of hydrogen-bond donors (Lipinski definition) is 0. The van der Waals surface area contributed by atoms with Crippen molar-refractivity contribution in [3.8, 4) is 35.2 Å². The molecule has 0 N–H and O–H groups in total. The van der Waals surface area contributed by atoms with Crippen LogP contribution in [0.3, 0.4) is 0 Å². The first-order valence-corrected chi connectivity index (χ1v) is 12.6. The Hall–Kier alpha value is -3.76. The molecule has 186 valence electrons. The van der Waals surface area contributed by atoms with E-state index < -0.39 is 11.6 Å². The molecule has 0 unspecified atom stereocenters. The summed E-state index contributed by atoms with van der Waals surface area (Å²) in [4.78, 5) is 0. The van der Waals surface area contributed by atoms with Crippen LogP contribution in [0.4, 0.5) is 8.78 Å². The van der Waals surface area contributed by atoms with Crippen molar-refractivity contribution < 1.29 is 18.3 Å². The van der Waals surface area contributed by atoms with Crippen molar-refractivity contribution in [3.63, 3.8) is 0 Å². The molecule has 0 saturated carbocycles. The van der Waals surface area contributed by atoms with Crippen molar-refractivity contribution in [1.82, 2.24) is 0 Å². The highest BCUT2D eigenvalue weighted by Crippen LogP contribution is 2.17. The van der Waals surface area contributed by atoms with Gasteiger partial charge < -0.3 is 9.47 Å². The molecule has 0 aliphatic heterocycles. The standard InChI is InChI=1S/C32H32F2O2/c1-3-5-7-21-35-28-16-11-25(12-17-28)9-10-27-23-31(33)30(32(34)24-27)20-15-26-13-18-29(19-14-26)36-22-8-6-4-2/h11-14,16-19,23-24H,3-8,21-22H2,1-2H3. The molecule has 0 radical (unpaired) electrons. The van der Waals surface area contributed by atoms with E-state index in [1.54, 1.807) is 12.1 Å². The van der Waals surface area contributed by atoms with Crippen LogP contribution >= 0.6 is 0 Å². The summed E-state index contributed by atoms with van der Waals surface area (Å²) in [7, 11) is 0. The molecule has 0 amide bonds. The van der Waals surface area contributed by atoms with Gasteiger partial charge in [-0.1, -0.05) is 63.2 Å². The average Bonchev–Trinajstić information content (AvgIpc) is 2.89. The van der Waals surface area contributed by atoms with Gasteiger partial charge in [-0.15, -0.1) is 0 Å². The van der Waals surface area contributed by atoms with Gasteiger partial charge in [0, 0.05) is 16.7 Å². The summed E-state index contributed by atoms with van der Waals surface area (Å²) in [6.45, 7) is 5.65. The molecule has 0 bridgehead atoms. The van der Waals surface area contributed by atoms with Crippen LogP contribution < -0.4 is 9.47 Å². The van der Waals surface area contributed by atoms with E-state index in [4.69, 9.17) is 9.47 Å². The molecule has 0 aliphatic rings. The molecular weight excluding hydrogens is 454 g/mol. The summed E-state index contributed by atoms with van der Waals surface area (Å²) >= 11 is 0. The molecule has 3 rings (SSSR count). The van der Waals surface area contributed by atoms with E-state index in [1.807, 2.05) is 36.4 Å². The molecule has 36 heavy (non-hydrogen) atoms. The summed E-state index contributed by atoms with van der Waals surface area (Å²) < 4.78 is 40.5. The second-order valence-corrected chi connectivity index (χ2v) is 8.47. The normalized spacial score (nSPS) is 10.1. The number of unbranched alkanes of at least 4 members (excludes halogenated alkanes) is 4. The minimum Gasteiger partial charge on any atom is -0.494 e. The molecule has 0 saturated heterocycles. The Morgan fingerprint density at radius 3 is 1.42 bits per heavy atom. The van der Waals surface area contributed by atoms with Gasteiger partial charge in [0.05, 0.1) is 18.8 Å². The maximum atomic E-state index is 14.6. The number of hydrogen-bond acceptors (Lipinski definition) is 2. The van der Waals surface area contributed by atoms with E-state index in [1.165, 1.54) is 12.1 Å². The first-order chi connectivity index (χ1) is 17.6. The van der Waals surface area contributed by atoms with Crippen LogP contribution in [0.25, 0.3) is 0 Å². The predicted octanol–water partition coefficient (Wildman–Crippen LogP) is 7.90. The minimum absolute atomic E-state index is 0.250. The zero-order valence-corrected chi connectivity index (χ0v) is 21.0. The van der Waals surface area contributed by atoms with Crippen LogP contribution in [0.2, 0.25) is 0 Å². The highest BCUT2D eigenvalue weighted by molar-refractivity contribution is 5.50. The minimum atomic E-state index is -0.737. The quantitative estimate of drug-likeness (QED) is 0.214.